The number of benzene rings is 1. The number of hydrogen-bond donors (Lipinski definition) is 1. The van der Waals surface area contributed by atoms with Gasteiger partial charge in [-0.1, -0.05) is 12.1 Å². The molecule has 0 saturated carbocycles. The molecule has 1 unspecified atom stereocenters. The topological polar surface area (TPSA) is 88.3 Å². The van der Waals surface area contributed by atoms with Gasteiger partial charge in [0.15, 0.2) is 5.82 Å². The van der Waals surface area contributed by atoms with Crippen LogP contribution >= 0.6 is 0 Å². The minimum atomic E-state index is -0.879. The van der Waals surface area contributed by atoms with Crippen molar-refractivity contribution in [3.8, 4) is 11.4 Å². The molecule has 23 heavy (non-hydrogen) atoms. The molecule has 1 N–H and O–H groups in total. The Hall–Kier alpha value is -2.70. The predicted octanol–water partition coefficient (Wildman–Crippen LogP) is 1.91. The molecule has 1 atom stereocenters. The number of anilines is 1. The molecule has 7 heteroatoms. The molecule has 0 spiro atoms. The number of para-hydroxylation sites is 1. The molecule has 0 radical (unpaired) electrons. The van der Waals surface area contributed by atoms with Crippen molar-refractivity contribution in [2.24, 2.45) is 0 Å². The number of amides is 1. The van der Waals surface area contributed by atoms with Crippen molar-refractivity contribution in [1.82, 2.24) is 14.8 Å². The van der Waals surface area contributed by atoms with Crippen LogP contribution in [0.15, 0.2) is 24.3 Å². The first-order valence-electron chi connectivity index (χ1n) is 7.61. The average Bonchev–Trinajstić information content (AvgIpc) is 3.07. The molecule has 2 aliphatic heterocycles. The summed E-state index contributed by atoms with van der Waals surface area (Å²) < 4.78 is 1.76. The highest BCUT2D eigenvalue weighted by Gasteiger charge is 2.53. The molecule has 0 bridgehead atoms. The van der Waals surface area contributed by atoms with Crippen molar-refractivity contribution in [1.29, 1.82) is 0 Å². The van der Waals surface area contributed by atoms with E-state index in [-0.39, 0.29) is 12.3 Å². The fourth-order valence-electron chi connectivity index (χ4n) is 3.71. The largest absolute Gasteiger partial charge is 0.481 e. The van der Waals surface area contributed by atoms with Crippen LogP contribution in [-0.2, 0) is 15.3 Å². The molecule has 1 aromatic heterocycles. The molecular formula is C16H16N4O3. The van der Waals surface area contributed by atoms with Crippen molar-refractivity contribution < 1.29 is 14.7 Å². The second-order valence-corrected chi connectivity index (χ2v) is 6.02. The summed E-state index contributed by atoms with van der Waals surface area (Å²) >= 11 is 0. The first-order valence-corrected chi connectivity index (χ1v) is 7.61. The number of rotatable bonds is 3. The monoisotopic (exact) mass is 312 g/mol. The van der Waals surface area contributed by atoms with Gasteiger partial charge in [0.25, 0.3) is 0 Å². The van der Waals surface area contributed by atoms with Crippen molar-refractivity contribution in [3.05, 3.63) is 30.1 Å². The van der Waals surface area contributed by atoms with Gasteiger partial charge in [-0.2, -0.15) is 5.10 Å². The van der Waals surface area contributed by atoms with Gasteiger partial charge in [0.05, 0.1) is 5.69 Å². The fraction of sp³-hybridized carbons (Fsp3) is 0.375. The zero-order valence-corrected chi connectivity index (χ0v) is 12.7. The van der Waals surface area contributed by atoms with Crippen molar-refractivity contribution in [2.75, 3.05) is 4.90 Å². The quantitative estimate of drug-likeness (QED) is 0.935. The van der Waals surface area contributed by atoms with Gasteiger partial charge < -0.3 is 5.11 Å². The summed E-state index contributed by atoms with van der Waals surface area (Å²) in [4.78, 5) is 29.9. The van der Waals surface area contributed by atoms with Gasteiger partial charge >= 0.3 is 5.97 Å². The van der Waals surface area contributed by atoms with E-state index >= 15 is 0 Å². The predicted molar refractivity (Wildman–Crippen MR) is 81.8 cm³/mol. The maximum Gasteiger partial charge on any atom is 0.303 e. The number of carbonyl (C=O) groups excluding carboxylic acids is 1. The van der Waals surface area contributed by atoms with Gasteiger partial charge in [-0.15, -0.1) is 0 Å². The second-order valence-electron chi connectivity index (χ2n) is 6.02. The molecule has 4 rings (SSSR count). The number of aromatic nitrogens is 3. The number of carboxylic acid groups (broad SMARTS) is 1. The molecule has 7 nitrogen and oxygen atoms in total. The second kappa shape index (κ2) is 4.65. The van der Waals surface area contributed by atoms with Gasteiger partial charge in [-0.05, 0) is 19.1 Å². The minimum Gasteiger partial charge on any atom is -0.481 e. The summed E-state index contributed by atoms with van der Waals surface area (Å²) in [5.74, 6) is 0.442. The highest BCUT2D eigenvalue weighted by Crippen LogP contribution is 2.50. The molecule has 1 amide bonds. The smallest absolute Gasteiger partial charge is 0.303 e. The van der Waals surface area contributed by atoms with E-state index in [1.807, 2.05) is 24.3 Å². The van der Waals surface area contributed by atoms with Crippen LogP contribution in [0.2, 0.25) is 0 Å². The number of nitrogens with zero attached hydrogens (tertiary/aromatic N) is 4. The normalized spacial score (nSPS) is 21.8. The summed E-state index contributed by atoms with van der Waals surface area (Å²) in [6, 6.07) is 7.59. The molecule has 3 heterocycles. The lowest BCUT2D eigenvalue weighted by Gasteiger charge is -2.43. The van der Waals surface area contributed by atoms with Crippen LogP contribution in [0.5, 0.6) is 0 Å². The molecular weight excluding hydrogens is 296 g/mol. The first kappa shape index (κ1) is 13.9. The Balaban J connectivity index is 1.97. The Labute approximate surface area is 132 Å². The third kappa shape index (κ3) is 1.82. The third-order valence-corrected chi connectivity index (χ3v) is 4.64. The van der Waals surface area contributed by atoms with Crippen LogP contribution in [0.1, 0.15) is 31.5 Å². The van der Waals surface area contributed by atoms with Crippen LogP contribution in [-0.4, -0.2) is 31.7 Å². The fourth-order valence-corrected chi connectivity index (χ4v) is 3.71. The van der Waals surface area contributed by atoms with E-state index in [4.69, 9.17) is 5.11 Å². The number of aliphatic carboxylic acids is 1. The lowest BCUT2D eigenvalue weighted by Crippen LogP contribution is -2.51. The van der Waals surface area contributed by atoms with Gasteiger partial charge in [0.2, 0.25) is 5.91 Å². The molecule has 1 fully saturated rings. The zero-order chi connectivity index (χ0) is 16.2. The summed E-state index contributed by atoms with van der Waals surface area (Å²) in [5.41, 5.74) is 0.884. The lowest BCUT2D eigenvalue weighted by atomic mass is 9.95. The SMILES string of the molecule is Cc1nc2n(n1)C1(CCC(=O)O)CCC(=O)N1c1ccccc1-2. The molecule has 1 saturated heterocycles. The van der Waals surface area contributed by atoms with E-state index in [0.717, 1.165) is 11.3 Å². The Morgan fingerprint density at radius 1 is 1.39 bits per heavy atom. The highest BCUT2D eigenvalue weighted by atomic mass is 16.4. The number of fused-ring (bicyclic) bond motifs is 6. The molecule has 1 aromatic carbocycles. The molecule has 0 aliphatic carbocycles. The average molecular weight is 312 g/mol. The van der Waals surface area contributed by atoms with Crippen LogP contribution < -0.4 is 4.90 Å². The maximum absolute atomic E-state index is 12.6. The first-order chi connectivity index (χ1) is 11.0. The number of hydrogen-bond acceptors (Lipinski definition) is 4. The number of carboxylic acids is 1. The van der Waals surface area contributed by atoms with E-state index in [1.165, 1.54) is 0 Å². The lowest BCUT2D eigenvalue weighted by molar-refractivity contribution is -0.137. The van der Waals surface area contributed by atoms with Crippen molar-refractivity contribution in [2.45, 2.75) is 38.3 Å². The number of carbonyl (C=O) groups is 2. The van der Waals surface area contributed by atoms with E-state index in [0.29, 0.717) is 30.9 Å². The summed E-state index contributed by atoms with van der Waals surface area (Å²) in [6.07, 6.45) is 1.22. The van der Waals surface area contributed by atoms with Crippen LogP contribution in [0, 0.1) is 6.92 Å². The standard InChI is InChI=1S/C16H16N4O3/c1-10-17-15-11-4-2-3-5-12(11)19-13(21)6-8-16(19,20(15)18-10)9-7-14(22)23/h2-5H,6-9H2,1H3,(H,22,23). The maximum atomic E-state index is 12.6. The molecule has 2 aliphatic rings. The third-order valence-electron chi connectivity index (χ3n) is 4.64. The Bertz CT molecular complexity index is 828. The highest BCUT2D eigenvalue weighted by molar-refractivity contribution is 6.01. The van der Waals surface area contributed by atoms with Crippen LogP contribution in [0.25, 0.3) is 11.4 Å². The number of aryl methyl sites for hydroxylation is 1. The van der Waals surface area contributed by atoms with E-state index in [2.05, 4.69) is 10.1 Å². The Kier molecular flexibility index (Phi) is 2.81. The van der Waals surface area contributed by atoms with Gasteiger partial charge in [0, 0.05) is 31.2 Å². The summed E-state index contributed by atoms with van der Waals surface area (Å²) in [5, 5.41) is 13.6. The van der Waals surface area contributed by atoms with E-state index in [9.17, 15) is 9.59 Å². The van der Waals surface area contributed by atoms with Crippen molar-refractivity contribution in [3.63, 3.8) is 0 Å². The summed E-state index contributed by atoms with van der Waals surface area (Å²) in [7, 11) is 0. The van der Waals surface area contributed by atoms with E-state index in [1.54, 1.807) is 16.5 Å². The molecule has 118 valence electrons. The van der Waals surface area contributed by atoms with E-state index < -0.39 is 11.6 Å². The summed E-state index contributed by atoms with van der Waals surface area (Å²) in [6.45, 7) is 1.81. The Morgan fingerprint density at radius 3 is 2.96 bits per heavy atom. The minimum absolute atomic E-state index is 0.00152. The van der Waals surface area contributed by atoms with Crippen LogP contribution in [0.4, 0.5) is 5.69 Å². The molecule has 2 aromatic rings. The van der Waals surface area contributed by atoms with Gasteiger partial charge in [0.1, 0.15) is 11.5 Å². The van der Waals surface area contributed by atoms with Crippen LogP contribution in [0.3, 0.4) is 0 Å². The van der Waals surface area contributed by atoms with Gasteiger partial charge in [-0.25, -0.2) is 9.67 Å². The van der Waals surface area contributed by atoms with Crippen molar-refractivity contribution >= 4 is 17.6 Å². The Morgan fingerprint density at radius 2 is 2.17 bits per heavy atom. The zero-order valence-electron chi connectivity index (χ0n) is 12.7. The van der Waals surface area contributed by atoms with Gasteiger partial charge in [-0.3, -0.25) is 14.5 Å².